The fourth-order valence-corrected chi connectivity index (χ4v) is 5.67. The fraction of sp³-hybridized carbons (Fsp3) is 0.348. The number of anilines is 2. The van der Waals surface area contributed by atoms with Gasteiger partial charge in [0.25, 0.3) is 0 Å². The maximum atomic E-state index is 13.1. The zero-order valence-corrected chi connectivity index (χ0v) is 19.4. The molecule has 0 unspecified atom stereocenters. The first-order valence-electron chi connectivity index (χ1n) is 10.5. The van der Waals surface area contributed by atoms with E-state index in [1.54, 1.807) is 16.4 Å². The van der Waals surface area contributed by atoms with E-state index in [4.69, 9.17) is 11.6 Å². The van der Waals surface area contributed by atoms with Gasteiger partial charge in [-0.25, -0.2) is 13.4 Å². The minimum atomic E-state index is -3.51. The van der Waals surface area contributed by atoms with Crippen LogP contribution in [0.25, 0.3) is 10.9 Å². The molecule has 0 amide bonds. The minimum absolute atomic E-state index is 0.310. The predicted octanol–water partition coefficient (Wildman–Crippen LogP) is 4.74. The second-order valence-electron chi connectivity index (χ2n) is 8.02. The first-order chi connectivity index (χ1) is 14.9. The summed E-state index contributed by atoms with van der Waals surface area (Å²) in [6, 6.07) is 15.1. The summed E-state index contributed by atoms with van der Waals surface area (Å²) in [7, 11) is 0.358. The molecule has 3 aromatic rings. The number of piperidine rings is 1. The summed E-state index contributed by atoms with van der Waals surface area (Å²) in [4.78, 5) is 6.74. The van der Waals surface area contributed by atoms with E-state index in [-0.39, 0.29) is 0 Å². The highest BCUT2D eigenvalue weighted by molar-refractivity contribution is 7.89. The number of hydrogen-bond acceptors (Lipinski definition) is 5. The van der Waals surface area contributed by atoms with Crippen LogP contribution in [0.2, 0.25) is 5.15 Å². The van der Waals surface area contributed by atoms with Crippen LogP contribution in [0.3, 0.4) is 0 Å². The maximum absolute atomic E-state index is 13.1. The van der Waals surface area contributed by atoms with Gasteiger partial charge in [-0.3, -0.25) is 0 Å². The Hall–Kier alpha value is -2.35. The monoisotopic (exact) mass is 458 g/mol. The summed E-state index contributed by atoms with van der Waals surface area (Å²) >= 11 is 6.41. The number of halogens is 1. The van der Waals surface area contributed by atoms with Crippen LogP contribution in [0.4, 0.5) is 11.4 Å². The molecule has 4 rings (SSSR count). The predicted molar refractivity (Wildman–Crippen MR) is 127 cm³/mol. The molecule has 6 nitrogen and oxygen atoms in total. The molecule has 164 valence electrons. The first-order valence-corrected chi connectivity index (χ1v) is 12.3. The van der Waals surface area contributed by atoms with Crippen molar-refractivity contribution in [3.8, 4) is 0 Å². The number of nitrogens with one attached hydrogen (secondary N) is 1. The average Bonchev–Trinajstić information content (AvgIpc) is 2.78. The summed E-state index contributed by atoms with van der Waals surface area (Å²) < 4.78 is 27.9. The Bertz CT molecular complexity index is 1190. The molecule has 1 N–H and O–H groups in total. The molecule has 1 aliphatic rings. The quantitative estimate of drug-likeness (QED) is 0.540. The SMILES string of the molecule is CN(C)c1ccc(S(=O)(=O)N2CCCCC2)cc1NCc1cc2ccccc2nc1Cl. The third kappa shape index (κ3) is 4.63. The Morgan fingerprint density at radius 1 is 1.06 bits per heavy atom. The van der Waals surface area contributed by atoms with Crippen molar-refractivity contribution >= 4 is 43.9 Å². The van der Waals surface area contributed by atoms with E-state index < -0.39 is 10.0 Å². The van der Waals surface area contributed by atoms with Crippen LogP contribution in [0.15, 0.2) is 53.4 Å². The van der Waals surface area contributed by atoms with Gasteiger partial charge < -0.3 is 10.2 Å². The van der Waals surface area contributed by atoms with Crippen LogP contribution < -0.4 is 10.2 Å². The number of para-hydroxylation sites is 1. The van der Waals surface area contributed by atoms with Gasteiger partial charge in [0.1, 0.15) is 5.15 Å². The lowest BCUT2D eigenvalue weighted by atomic mass is 10.1. The summed E-state index contributed by atoms with van der Waals surface area (Å²) in [5.74, 6) is 0. The van der Waals surface area contributed by atoms with Crippen molar-refractivity contribution in [1.29, 1.82) is 0 Å². The molecule has 0 saturated carbocycles. The van der Waals surface area contributed by atoms with Crippen molar-refractivity contribution in [2.75, 3.05) is 37.4 Å². The smallest absolute Gasteiger partial charge is 0.243 e. The number of nitrogens with zero attached hydrogens (tertiary/aromatic N) is 3. The van der Waals surface area contributed by atoms with Crippen LogP contribution >= 0.6 is 11.6 Å². The summed E-state index contributed by atoms with van der Waals surface area (Å²) in [5, 5.41) is 4.83. The molecule has 1 fully saturated rings. The fourth-order valence-electron chi connectivity index (χ4n) is 3.91. The summed E-state index contributed by atoms with van der Waals surface area (Å²) in [5.41, 5.74) is 3.35. The topological polar surface area (TPSA) is 65.5 Å². The molecular formula is C23H27ClN4O2S. The van der Waals surface area contributed by atoms with E-state index in [2.05, 4.69) is 10.3 Å². The molecule has 2 aromatic carbocycles. The number of aromatic nitrogens is 1. The van der Waals surface area contributed by atoms with Crippen LogP contribution in [-0.4, -0.2) is 44.9 Å². The number of pyridine rings is 1. The van der Waals surface area contributed by atoms with Crippen LogP contribution in [0.5, 0.6) is 0 Å². The molecule has 0 radical (unpaired) electrons. The van der Waals surface area contributed by atoms with Crippen molar-refractivity contribution in [2.45, 2.75) is 30.7 Å². The van der Waals surface area contributed by atoms with Gasteiger partial charge >= 0.3 is 0 Å². The van der Waals surface area contributed by atoms with E-state index in [0.717, 1.165) is 47.1 Å². The lowest BCUT2D eigenvalue weighted by molar-refractivity contribution is 0.346. The average molecular weight is 459 g/mol. The van der Waals surface area contributed by atoms with Crippen molar-refractivity contribution < 1.29 is 8.42 Å². The molecule has 0 atom stereocenters. The molecule has 1 aliphatic heterocycles. The van der Waals surface area contributed by atoms with Crippen molar-refractivity contribution in [3.05, 3.63) is 59.2 Å². The van der Waals surface area contributed by atoms with Crippen molar-refractivity contribution in [3.63, 3.8) is 0 Å². The number of fused-ring (bicyclic) bond motifs is 1. The maximum Gasteiger partial charge on any atom is 0.243 e. The lowest BCUT2D eigenvalue weighted by Crippen LogP contribution is -2.35. The van der Waals surface area contributed by atoms with Crippen LogP contribution in [-0.2, 0) is 16.6 Å². The highest BCUT2D eigenvalue weighted by atomic mass is 35.5. The number of rotatable bonds is 6. The third-order valence-electron chi connectivity index (χ3n) is 5.62. The molecule has 2 heterocycles. The standard InChI is InChI=1S/C23H27ClN4O2S/c1-27(2)22-11-10-19(31(29,30)28-12-6-3-7-13-28)15-21(22)25-16-18-14-17-8-4-5-9-20(17)26-23(18)24/h4-5,8-11,14-15,25H,3,6-7,12-13,16H2,1-2H3. The Morgan fingerprint density at radius 2 is 1.81 bits per heavy atom. The van der Waals surface area contributed by atoms with Crippen LogP contribution in [0, 0.1) is 0 Å². The van der Waals surface area contributed by atoms with Crippen molar-refractivity contribution in [2.24, 2.45) is 0 Å². The highest BCUT2D eigenvalue weighted by Gasteiger charge is 2.26. The van der Waals surface area contributed by atoms with E-state index in [0.29, 0.717) is 29.7 Å². The summed E-state index contributed by atoms with van der Waals surface area (Å²) in [6.07, 6.45) is 2.90. The zero-order chi connectivity index (χ0) is 22.0. The Kier molecular flexibility index (Phi) is 6.36. The molecule has 1 aromatic heterocycles. The van der Waals surface area contributed by atoms with Gasteiger partial charge in [0, 0.05) is 44.7 Å². The number of benzene rings is 2. The van der Waals surface area contributed by atoms with E-state index in [1.165, 1.54) is 0 Å². The molecular weight excluding hydrogens is 432 g/mol. The molecule has 8 heteroatoms. The van der Waals surface area contributed by atoms with E-state index in [9.17, 15) is 8.42 Å². The minimum Gasteiger partial charge on any atom is -0.379 e. The van der Waals surface area contributed by atoms with E-state index >= 15 is 0 Å². The second-order valence-corrected chi connectivity index (χ2v) is 10.3. The Balaban J connectivity index is 1.64. The number of hydrogen-bond donors (Lipinski definition) is 1. The Labute approximate surface area is 188 Å². The van der Waals surface area contributed by atoms with Crippen molar-refractivity contribution in [1.82, 2.24) is 9.29 Å². The van der Waals surface area contributed by atoms with Gasteiger partial charge in [-0.1, -0.05) is 36.2 Å². The van der Waals surface area contributed by atoms with Gasteiger partial charge in [0.05, 0.1) is 21.8 Å². The largest absolute Gasteiger partial charge is 0.379 e. The molecule has 0 spiro atoms. The van der Waals surface area contributed by atoms with Gasteiger partial charge in [0.2, 0.25) is 10.0 Å². The molecule has 0 bridgehead atoms. The third-order valence-corrected chi connectivity index (χ3v) is 7.84. The number of sulfonamides is 1. The normalized spacial score (nSPS) is 15.2. The molecule has 0 aliphatic carbocycles. The Morgan fingerprint density at radius 3 is 2.55 bits per heavy atom. The van der Waals surface area contributed by atoms with Gasteiger partial charge in [0.15, 0.2) is 0 Å². The highest BCUT2D eigenvalue weighted by Crippen LogP contribution is 2.31. The second kappa shape index (κ2) is 9.02. The molecule has 31 heavy (non-hydrogen) atoms. The van der Waals surface area contributed by atoms with Crippen LogP contribution in [0.1, 0.15) is 24.8 Å². The summed E-state index contributed by atoms with van der Waals surface area (Å²) in [6.45, 7) is 1.60. The van der Waals surface area contributed by atoms with Gasteiger partial charge in [-0.2, -0.15) is 4.31 Å². The van der Waals surface area contributed by atoms with Gasteiger partial charge in [-0.15, -0.1) is 0 Å². The molecule has 1 saturated heterocycles. The van der Waals surface area contributed by atoms with Gasteiger partial charge in [-0.05, 0) is 43.2 Å². The van der Waals surface area contributed by atoms with E-state index in [1.807, 2.05) is 55.4 Å². The first kappa shape index (κ1) is 21.9. The lowest BCUT2D eigenvalue weighted by Gasteiger charge is -2.27. The zero-order valence-electron chi connectivity index (χ0n) is 17.8.